The minimum absolute atomic E-state index is 0.0143. The molecule has 1 N–H and O–H groups in total. The van der Waals surface area contributed by atoms with Gasteiger partial charge in [0.2, 0.25) is 5.91 Å². The fraction of sp³-hybridized carbons (Fsp3) is 0.208. The highest BCUT2D eigenvalue weighted by molar-refractivity contribution is 5.97. The summed E-state index contributed by atoms with van der Waals surface area (Å²) in [5, 5.41) is 4.16. The number of pyridine rings is 2. The van der Waals surface area contributed by atoms with Crippen LogP contribution in [0.4, 0.5) is 11.5 Å². The summed E-state index contributed by atoms with van der Waals surface area (Å²) >= 11 is 0. The molecule has 0 atom stereocenters. The van der Waals surface area contributed by atoms with Gasteiger partial charge < -0.3 is 14.8 Å². The van der Waals surface area contributed by atoms with Crippen molar-refractivity contribution in [3.8, 4) is 0 Å². The van der Waals surface area contributed by atoms with Gasteiger partial charge in [0.1, 0.15) is 12.4 Å². The van der Waals surface area contributed by atoms with Crippen molar-refractivity contribution in [2.45, 2.75) is 19.4 Å². The molecule has 30 heavy (non-hydrogen) atoms. The summed E-state index contributed by atoms with van der Waals surface area (Å²) in [7, 11) is 0. The third kappa shape index (κ3) is 3.30. The van der Waals surface area contributed by atoms with Crippen molar-refractivity contribution in [1.29, 1.82) is 0 Å². The van der Waals surface area contributed by atoms with Crippen LogP contribution in [0, 0.1) is 0 Å². The molecule has 6 heteroatoms. The van der Waals surface area contributed by atoms with E-state index < -0.39 is 0 Å². The summed E-state index contributed by atoms with van der Waals surface area (Å²) in [5.41, 5.74) is 2.15. The van der Waals surface area contributed by atoms with Crippen molar-refractivity contribution >= 4 is 39.2 Å². The second kappa shape index (κ2) is 7.63. The maximum atomic E-state index is 12.8. The van der Waals surface area contributed by atoms with E-state index in [2.05, 4.69) is 15.2 Å². The summed E-state index contributed by atoms with van der Waals surface area (Å²) in [6, 6.07) is 18.7. The zero-order valence-electron chi connectivity index (χ0n) is 16.5. The van der Waals surface area contributed by atoms with Crippen molar-refractivity contribution in [2.75, 3.05) is 23.3 Å². The topological polar surface area (TPSA) is 67.2 Å². The van der Waals surface area contributed by atoms with Crippen LogP contribution in [0.3, 0.4) is 0 Å². The molecule has 4 aromatic rings. The van der Waals surface area contributed by atoms with E-state index in [-0.39, 0.29) is 17.9 Å². The van der Waals surface area contributed by atoms with Gasteiger partial charge in [0.25, 0.3) is 0 Å². The molecule has 0 unspecified atom stereocenters. The Morgan fingerprint density at radius 3 is 2.13 bits per heavy atom. The molecule has 3 heterocycles. The molecule has 1 fully saturated rings. The molecule has 1 saturated heterocycles. The first-order chi connectivity index (χ1) is 14.7. The van der Waals surface area contributed by atoms with Gasteiger partial charge in [-0.05, 0) is 49.2 Å². The second-order valence-electron chi connectivity index (χ2n) is 7.60. The fourth-order valence-electron chi connectivity index (χ4n) is 4.18. The van der Waals surface area contributed by atoms with E-state index in [0.29, 0.717) is 16.5 Å². The van der Waals surface area contributed by atoms with E-state index >= 15 is 0 Å². The number of benzene rings is 2. The average molecular weight is 398 g/mol. The second-order valence-corrected chi connectivity index (χ2v) is 7.60. The third-order valence-corrected chi connectivity index (χ3v) is 5.64. The van der Waals surface area contributed by atoms with E-state index in [1.165, 1.54) is 12.8 Å². The predicted octanol–water partition coefficient (Wildman–Crippen LogP) is 3.79. The number of para-hydroxylation sites is 2. The molecule has 2 aromatic heterocycles. The summed E-state index contributed by atoms with van der Waals surface area (Å²) in [5.74, 6) is 0.785. The number of carbonyl (C=O) groups excluding carboxylic acids is 1. The SMILES string of the molecule is O=C(Cn1c2ccccc2c(=O)c2ccccc21)Nc1ccc(N2CCCC2)nc1. The number of nitrogens with zero attached hydrogens (tertiary/aromatic N) is 3. The zero-order valence-corrected chi connectivity index (χ0v) is 16.5. The molecule has 0 aliphatic carbocycles. The quantitative estimate of drug-likeness (QED) is 0.531. The summed E-state index contributed by atoms with van der Waals surface area (Å²) in [6.45, 7) is 2.17. The Labute approximate surface area is 173 Å². The van der Waals surface area contributed by atoms with Crippen molar-refractivity contribution < 1.29 is 4.79 Å². The smallest absolute Gasteiger partial charge is 0.244 e. The first-order valence-corrected chi connectivity index (χ1v) is 10.2. The lowest BCUT2D eigenvalue weighted by Gasteiger charge is -2.17. The van der Waals surface area contributed by atoms with Gasteiger partial charge in [-0.25, -0.2) is 4.98 Å². The number of amides is 1. The standard InChI is InChI=1S/C24H22N4O2/c29-23(26-17-11-12-22(25-15-17)27-13-5-6-14-27)16-28-20-9-3-1-7-18(20)24(30)19-8-2-4-10-21(19)28/h1-4,7-12,15H,5-6,13-14,16H2,(H,26,29). The van der Waals surface area contributed by atoms with Crippen molar-refractivity contribution in [1.82, 2.24) is 9.55 Å². The molecule has 0 radical (unpaired) electrons. The number of aromatic nitrogens is 2. The normalized spacial score (nSPS) is 13.8. The number of rotatable bonds is 4. The average Bonchev–Trinajstić information content (AvgIpc) is 3.32. The Bertz CT molecular complexity index is 1230. The third-order valence-electron chi connectivity index (χ3n) is 5.64. The lowest BCUT2D eigenvalue weighted by Crippen LogP contribution is -2.22. The van der Waals surface area contributed by atoms with Crippen LogP contribution < -0.4 is 15.6 Å². The Balaban J connectivity index is 1.44. The van der Waals surface area contributed by atoms with Gasteiger partial charge >= 0.3 is 0 Å². The molecule has 1 aliphatic heterocycles. The minimum Gasteiger partial charge on any atom is -0.357 e. The van der Waals surface area contributed by atoms with Gasteiger partial charge in [-0.2, -0.15) is 0 Å². The first kappa shape index (κ1) is 18.4. The number of hydrogen-bond donors (Lipinski definition) is 1. The molecule has 5 rings (SSSR count). The van der Waals surface area contributed by atoms with Gasteiger partial charge in [-0.1, -0.05) is 24.3 Å². The number of nitrogens with one attached hydrogen (secondary N) is 1. The fourth-order valence-corrected chi connectivity index (χ4v) is 4.18. The number of fused-ring (bicyclic) bond motifs is 2. The molecule has 6 nitrogen and oxygen atoms in total. The van der Waals surface area contributed by atoms with Gasteiger partial charge in [-0.3, -0.25) is 9.59 Å². The highest BCUT2D eigenvalue weighted by Gasteiger charge is 2.15. The number of hydrogen-bond acceptors (Lipinski definition) is 4. The van der Waals surface area contributed by atoms with Gasteiger partial charge in [0.05, 0.1) is 22.9 Å². The lowest BCUT2D eigenvalue weighted by molar-refractivity contribution is -0.116. The Morgan fingerprint density at radius 1 is 0.900 bits per heavy atom. The van der Waals surface area contributed by atoms with Crippen LogP contribution in [0.5, 0.6) is 0 Å². The van der Waals surface area contributed by atoms with Crippen molar-refractivity contribution in [3.63, 3.8) is 0 Å². The Hall–Kier alpha value is -3.67. The van der Waals surface area contributed by atoms with Gasteiger partial charge in [-0.15, -0.1) is 0 Å². The zero-order chi connectivity index (χ0) is 20.5. The maximum absolute atomic E-state index is 12.8. The number of anilines is 2. The van der Waals surface area contributed by atoms with E-state index in [0.717, 1.165) is 29.9 Å². The van der Waals surface area contributed by atoms with Gasteiger partial charge in [0.15, 0.2) is 5.43 Å². The Kier molecular flexibility index (Phi) is 4.67. The molecular weight excluding hydrogens is 376 g/mol. The van der Waals surface area contributed by atoms with Crippen LogP contribution in [0.1, 0.15) is 12.8 Å². The monoisotopic (exact) mass is 398 g/mol. The molecule has 0 spiro atoms. The van der Waals surface area contributed by atoms with Crippen LogP contribution in [-0.4, -0.2) is 28.5 Å². The van der Waals surface area contributed by atoms with Crippen LogP contribution in [0.15, 0.2) is 71.7 Å². The largest absolute Gasteiger partial charge is 0.357 e. The molecule has 1 aliphatic rings. The summed E-state index contributed by atoms with van der Waals surface area (Å²) in [4.78, 5) is 32.4. The number of carbonyl (C=O) groups is 1. The lowest BCUT2D eigenvalue weighted by atomic mass is 10.1. The molecule has 150 valence electrons. The predicted molar refractivity (Wildman–Crippen MR) is 120 cm³/mol. The summed E-state index contributed by atoms with van der Waals surface area (Å²) in [6.07, 6.45) is 4.09. The van der Waals surface area contributed by atoms with Crippen LogP contribution in [0.25, 0.3) is 21.8 Å². The summed E-state index contributed by atoms with van der Waals surface area (Å²) < 4.78 is 1.90. The molecule has 1 amide bonds. The molecule has 0 saturated carbocycles. The minimum atomic E-state index is -0.162. The molecular formula is C24H22N4O2. The van der Waals surface area contributed by atoms with E-state index in [9.17, 15) is 9.59 Å². The van der Waals surface area contributed by atoms with Crippen molar-refractivity contribution in [3.05, 3.63) is 77.1 Å². The Morgan fingerprint density at radius 2 is 1.53 bits per heavy atom. The van der Waals surface area contributed by atoms with E-state index in [1.54, 1.807) is 18.3 Å². The highest BCUT2D eigenvalue weighted by Crippen LogP contribution is 2.21. The maximum Gasteiger partial charge on any atom is 0.244 e. The highest BCUT2D eigenvalue weighted by atomic mass is 16.2. The van der Waals surface area contributed by atoms with Crippen LogP contribution in [0.2, 0.25) is 0 Å². The van der Waals surface area contributed by atoms with E-state index in [1.807, 2.05) is 53.1 Å². The van der Waals surface area contributed by atoms with E-state index in [4.69, 9.17) is 0 Å². The van der Waals surface area contributed by atoms with Crippen molar-refractivity contribution in [2.24, 2.45) is 0 Å². The first-order valence-electron chi connectivity index (χ1n) is 10.2. The van der Waals surface area contributed by atoms with Gasteiger partial charge in [0, 0.05) is 23.9 Å². The van der Waals surface area contributed by atoms with Crippen LogP contribution in [-0.2, 0) is 11.3 Å². The molecule has 2 aromatic carbocycles. The van der Waals surface area contributed by atoms with Crippen LogP contribution >= 0.6 is 0 Å². The molecule has 0 bridgehead atoms.